The molecular formula is C30H26F3N5O4. The normalized spacial score (nSPS) is 16.6. The summed E-state index contributed by atoms with van der Waals surface area (Å²) in [5.74, 6) is -1.60. The minimum absolute atomic E-state index is 0.00230. The quantitative estimate of drug-likeness (QED) is 0.287. The van der Waals surface area contributed by atoms with Gasteiger partial charge in [0.15, 0.2) is 0 Å². The Morgan fingerprint density at radius 1 is 1.00 bits per heavy atom. The van der Waals surface area contributed by atoms with Crippen LogP contribution in [0.2, 0.25) is 0 Å². The monoisotopic (exact) mass is 577 g/mol. The molecule has 0 saturated carbocycles. The van der Waals surface area contributed by atoms with Crippen molar-refractivity contribution in [2.24, 2.45) is 0 Å². The molecule has 5 rings (SSSR count). The molecule has 4 aromatic rings. The number of carbonyl (C=O) groups excluding carboxylic acids is 2. The molecule has 0 aliphatic carbocycles. The molecule has 0 spiro atoms. The van der Waals surface area contributed by atoms with E-state index in [2.05, 4.69) is 15.7 Å². The van der Waals surface area contributed by atoms with Crippen molar-refractivity contribution in [3.63, 3.8) is 0 Å². The molecule has 2 atom stereocenters. The van der Waals surface area contributed by atoms with Gasteiger partial charge in [0.1, 0.15) is 11.9 Å². The summed E-state index contributed by atoms with van der Waals surface area (Å²) >= 11 is 0. The molecular weight excluding hydrogens is 551 g/mol. The fraction of sp³-hybridized carbons (Fsp3) is 0.200. The highest BCUT2D eigenvalue weighted by molar-refractivity contribution is 6.05. The van der Waals surface area contributed by atoms with Crippen molar-refractivity contribution >= 4 is 23.7 Å². The van der Waals surface area contributed by atoms with Crippen molar-refractivity contribution in [2.75, 3.05) is 11.4 Å². The van der Waals surface area contributed by atoms with E-state index < -0.39 is 41.6 Å². The molecule has 12 heteroatoms. The van der Waals surface area contributed by atoms with Gasteiger partial charge in [-0.05, 0) is 48.4 Å². The van der Waals surface area contributed by atoms with E-state index in [-0.39, 0.29) is 18.7 Å². The van der Waals surface area contributed by atoms with Crippen molar-refractivity contribution < 1.29 is 32.7 Å². The first-order valence-electron chi connectivity index (χ1n) is 13.1. The summed E-state index contributed by atoms with van der Waals surface area (Å²) in [6.45, 7) is 2.01. The maximum absolute atomic E-state index is 14.1. The van der Waals surface area contributed by atoms with Crippen LogP contribution in [-0.4, -0.2) is 45.4 Å². The number of hydrogen-bond donors (Lipinski definition) is 3. The Morgan fingerprint density at radius 2 is 1.74 bits per heavy atom. The molecule has 3 amide bonds. The number of rotatable bonds is 7. The van der Waals surface area contributed by atoms with Crippen LogP contribution in [0.25, 0.3) is 5.69 Å². The lowest BCUT2D eigenvalue weighted by atomic mass is 9.81. The van der Waals surface area contributed by atoms with E-state index >= 15 is 0 Å². The molecule has 42 heavy (non-hydrogen) atoms. The second-order valence-corrected chi connectivity index (χ2v) is 9.66. The van der Waals surface area contributed by atoms with E-state index in [9.17, 15) is 27.6 Å². The predicted molar refractivity (Wildman–Crippen MR) is 147 cm³/mol. The van der Waals surface area contributed by atoms with E-state index in [1.165, 1.54) is 11.0 Å². The van der Waals surface area contributed by atoms with Crippen LogP contribution < -0.4 is 15.5 Å². The first kappa shape index (κ1) is 28.4. The Labute approximate surface area is 238 Å². The smallest absolute Gasteiger partial charge is 0.416 e. The molecule has 0 saturated heterocycles. The van der Waals surface area contributed by atoms with Gasteiger partial charge in [-0.15, -0.1) is 0 Å². The first-order valence-corrected chi connectivity index (χ1v) is 13.1. The Balaban J connectivity index is 1.62. The van der Waals surface area contributed by atoms with Gasteiger partial charge in [0.2, 0.25) is 0 Å². The SMILES string of the molecule is CCN1C(=O)[C@@H](NC(=O)c2cccc(C(F)(F)F)c2)[C@H](c2cccc(CNC(=O)O)c2)c2cnn(-c3ccccc3)c21. The molecule has 0 radical (unpaired) electrons. The number of para-hydroxylation sites is 1. The molecule has 3 N–H and O–H groups in total. The highest BCUT2D eigenvalue weighted by Gasteiger charge is 2.44. The highest BCUT2D eigenvalue weighted by Crippen LogP contribution is 2.41. The molecule has 216 valence electrons. The molecule has 0 bridgehead atoms. The number of amides is 3. The third kappa shape index (κ3) is 5.55. The maximum atomic E-state index is 14.1. The van der Waals surface area contributed by atoms with Crippen LogP contribution in [0.1, 0.15) is 45.5 Å². The van der Waals surface area contributed by atoms with Gasteiger partial charge < -0.3 is 15.7 Å². The fourth-order valence-corrected chi connectivity index (χ4v) is 5.15. The third-order valence-corrected chi connectivity index (χ3v) is 7.04. The van der Waals surface area contributed by atoms with Gasteiger partial charge in [-0.25, -0.2) is 9.48 Å². The Hall–Kier alpha value is -5.13. The molecule has 3 aromatic carbocycles. The molecule has 1 aromatic heterocycles. The van der Waals surface area contributed by atoms with E-state index in [0.29, 0.717) is 28.2 Å². The lowest BCUT2D eigenvalue weighted by Crippen LogP contribution is -2.55. The second-order valence-electron chi connectivity index (χ2n) is 9.66. The van der Waals surface area contributed by atoms with E-state index in [1.54, 1.807) is 42.1 Å². The highest BCUT2D eigenvalue weighted by atomic mass is 19.4. The Kier molecular flexibility index (Phi) is 7.70. The van der Waals surface area contributed by atoms with E-state index in [4.69, 9.17) is 5.11 Å². The summed E-state index contributed by atoms with van der Waals surface area (Å²) in [4.78, 5) is 40.0. The zero-order valence-corrected chi connectivity index (χ0v) is 22.3. The Bertz CT molecular complexity index is 1640. The van der Waals surface area contributed by atoms with Crippen LogP contribution in [0, 0.1) is 0 Å². The van der Waals surface area contributed by atoms with Crippen LogP contribution in [0.3, 0.4) is 0 Å². The standard InChI is InChI=1S/C30H26F3N5O4/c1-2-37-27-23(17-35-38(27)22-12-4-3-5-13-22)24(19-9-6-8-18(14-19)16-34-29(41)42)25(28(37)40)36-26(39)20-10-7-11-21(15-20)30(31,32)33/h3-15,17,24-25,34H,2,16H2,1H3,(H,36,39)(H,41,42)/t24-,25+/m1/s1. The lowest BCUT2D eigenvalue weighted by molar-refractivity contribution is -0.137. The number of nitrogens with zero attached hydrogens (tertiary/aromatic N) is 3. The number of alkyl halides is 3. The van der Waals surface area contributed by atoms with Gasteiger partial charge in [0, 0.05) is 30.1 Å². The number of hydrogen-bond acceptors (Lipinski definition) is 4. The number of carboxylic acid groups (broad SMARTS) is 1. The van der Waals surface area contributed by atoms with E-state index in [0.717, 1.165) is 18.2 Å². The minimum atomic E-state index is -4.65. The number of benzene rings is 3. The number of aromatic nitrogens is 2. The number of anilines is 1. The summed E-state index contributed by atoms with van der Waals surface area (Å²) in [7, 11) is 0. The van der Waals surface area contributed by atoms with Crippen LogP contribution in [0.4, 0.5) is 23.8 Å². The van der Waals surface area contributed by atoms with Crippen LogP contribution in [0.5, 0.6) is 0 Å². The minimum Gasteiger partial charge on any atom is -0.465 e. The number of fused-ring (bicyclic) bond motifs is 1. The molecule has 9 nitrogen and oxygen atoms in total. The average Bonchev–Trinajstić information content (AvgIpc) is 3.41. The zero-order chi connectivity index (χ0) is 30.0. The predicted octanol–water partition coefficient (Wildman–Crippen LogP) is 4.96. The second kappa shape index (κ2) is 11.4. The first-order chi connectivity index (χ1) is 20.1. The van der Waals surface area contributed by atoms with E-state index in [1.807, 2.05) is 30.3 Å². The van der Waals surface area contributed by atoms with Gasteiger partial charge in [-0.3, -0.25) is 14.5 Å². The van der Waals surface area contributed by atoms with Gasteiger partial charge in [-0.1, -0.05) is 48.5 Å². The lowest BCUT2D eigenvalue weighted by Gasteiger charge is -2.38. The molecule has 1 aliphatic rings. The largest absolute Gasteiger partial charge is 0.465 e. The zero-order valence-electron chi connectivity index (χ0n) is 22.3. The van der Waals surface area contributed by atoms with Gasteiger partial charge in [0.05, 0.1) is 17.4 Å². The summed E-state index contributed by atoms with van der Waals surface area (Å²) < 4.78 is 41.7. The van der Waals surface area contributed by atoms with Crippen LogP contribution in [-0.2, 0) is 17.5 Å². The summed E-state index contributed by atoms with van der Waals surface area (Å²) in [5.41, 5.74) is 1.28. The summed E-state index contributed by atoms with van der Waals surface area (Å²) in [6, 6.07) is 18.9. The van der Waals surface area contributed by atoms with Crippen molar-refractivity contribution in [3.8, 4) is 5.69 Å². The fourth-order valence-electron chi connectivity index (χ4n) is 5.15. The maximum Gasteiger partial charge on any atom is 0.416 e. The van der Waals surface area contributed by atoms with Gasteiger partial charge >= 0.3 is 12.3 Å². The van der Waals surface area contributed by atoms with Crippen LogP contribution in [0.15, 0.2) is 85.1 Å². The number of halogens is 3. The molecule has 0 fully saturated rings. The average molecular weight is 578 g/mol. The van der Waals surface area contributed by atoms with Gasteiger partial charge in [0.25, 0.3) is 11.8 Å². The topological polar surface area (TPSA) is 117 Å². The molecule has 0 unspecified atom stereocenters. The van der Waals surface area contributed by atoms with Crippen molar-refractivity contribution in [2.45, 2.75) is 31.6 Å². The van der Waals surface area contributed by atoms with Crippen molar-refractivity contribution in [1.82, 2.24) is 20.4 Å². The number of carbonyl (C=O) groups is 3. The van der Waals surface area contributed by atoms with Crippen molar-refractivity contribution in [3.05, 3.63) is 113 Å². The van der Waals surface area contributed by atoms with Crippen molar-refractivity contribution in [1.29, 1.82) is 0 Å². The van der Waals surface area contributed by atoms with Gasteiger partial charge in [-0.2, -0.15) is 18.3 Å². The summed E-state index contributed by atoms with van der Waals surface area (Å²) in [5, 5.41) is 18.6. The molecule has 2 heterocycles. The number of nitrogens with one attached hydrogen (secondary N) is 2. The third-order valence-electron chi connectivity index (χ3n) is 7.04. The summed E-state index contributed by atoms with van der Waals surface area (Å²) in [6.07, 6.45) is -4.25. The number of likely N-dealkylation sites (N-methyl/N-ethyl adjacent to an activating group) is 1. The van der Waals surface area contributed by atoms with Crippen LogP contribution >= 0.6 is 0 Å². The molecule has 1 aliphatic heterocycles. The Morgan fingerprint density at radius 3 is 2.43 bits per heavy atom.